The summed E-state index contributed by atoms with van der Waals surface area (Å²) in [6, 6.07) is 67.9. The summed E-state index contributed by atoms with van der Waals surface area (Å²) in [4.78, 5) is 19.7. The lowest BCUT2D eigenvalue weighted by atomic mass is 9.93. The van der Waals surface area contributed by atoms with Gasteiger partial charge in [-0.15, -0.1) is 0 Å². The number of furan rings is 1. The normalized spacial score (nSPS) is 11.6. The van der Waals surface area contributed by atoms with Gasteiger partial charge in [0.1, 0.15) is 11.3 Å². The van der Waals surface area contributed by atoms with Crippen molar-refractivity contribution in [3.8, 4) is 67.4 Å². The van der Waals surface area contributed by atoms with E-state index < -0.39 is 0 Å². The minimum atomic E-state index is 0.800. The van der Waals surface area contributed by atoms with Crippen LogP contribution in [0.3, 0.4) is 0 Å². The molecule has 0 saturated heterocycles. The van der Waals surface area contributed by atoms with Gasteiger partial charge in [0.25, 0.3) is 0 Å². The van der Waals surface area contributed by atoms with Gasteiger partial charge in [0.05, 0.1) is 28.3 Å². The molecule has 0 unspecified atom stereocenters. The smallest absolute Gasteiger partial charge is 0.162 e. The Balaban J connectivity index is 0.988. The van der Waals surface area contributed by atoms with Crippen molar-refractivity contribution in [1.29, 1.82) is 0 Å². The molecule has 12 rings (SSSR count). The van der Waals surface area contributed by atoms with E-state index in [9.17, 15) is 0 Å². The Hall–Kier alpha value is -8.28. The summed E-state index contributed by atoms with van der Waals surface area (Å²) in [5.41, 5.74) is 14.3. The number of para-hydroxylation sites is 1. The topological polar surface area (TPSA) is 64.7 Å². The summed E-state index contributed by atoms with van der Waals surface area (Å²) in [5, 5.41) is 7.96. The van der Waals surface area contributed by atoms with Gasteiger partial charge in [-0.25, -0.2) is 9.97 Å². The van der Waals surface area contributed by atoms with Crippen LogP contribution >= 0.6 is 0 Å². The molecule has 0 atom stereocenters. The summed E-state index contributed by atoms with van der Waals surface area (Å²) >= 11 is 0. The lowest BCUT2D eigenvalue weighted by Gasteiger charge is -2.13. The molecule has 61 heavy (non-hydrogen) atoms. The van der Waals surface area contributed by atoms with Crippen molar-refractivity contribution < 1.29 is 4.42 Å². The maximum absolute atomic E-state index is 6.71. The predicted molar refractivity (Wildman–Crippen MR) is 250 cm³/mol. The molecule has 0 N–H and O–H groups in total. The number of rotatable bonds is 6. The number of nitrogens with zero attached hydrogens (tertiary/aromatic N) is 4. The molecule has 0 spiro atoms. The molecule has 5 heterocycles. The van der Waals surface area contributed by atoms with Gasteiger partial charge in [-0.05, 0) is 122 Å². The lowest BCUT2D eigenvalue weighted by molar-refractivity contribution is 0.669. The maximum atomic E-state index is 6.71. The van der Waals surface area contributed by atoms with Gasteiger partial charge < -0.3 is 4.42 Å². The molecule has 12 aromatic rings. The van der Waals surface area contributed by atoms with Gasteiger partial charge in [-0.1, -0.05) is 127 Å². The van der Waals surface area contributed by atoms with Crippen LogP contribution in [0.15, 0.2) is 211 Å². The highest BCUT2D eigenvalue weighted by Gasteiger charge is 2.21. The molecule has 0 fully saturated rings. The van der Waals surface area contributed by atoms with Crippen LogP contribution in [0.25, 0.3) is 122 Å². The highest BCUT2D eigenvalue weighted by atomic mass is 16.3. The second-order valence-electron chi connectivity index (χ2n) is 15.4. The summed E-state index contributed by atoms with van der Waals surface area (Å²) in [6.45, 7) is 0. The largest absolute Gasteiger partial charge is 0.454 e. The van der Waals surface area contributed by atoms with E-state index in [1.165, 1.54) is 16.2 Å². The van der Waals surface area contributed by atoms with Crippen LogP contribution < -0.4 is 0 Å². The molecule has 0 amide bonds. The standard InChI is InChI=1S/C56H34N4O/c1-2-18-42-40(13-1)31-47(44-20-4-3-19-43(42)44)55-56-54(46-21-5-6-24-53(46)61-56)45-26-25-39(32-50(45)60-55)37-16-11-14-35(29-37)36-15-12-17-38(30-36)41-33-51(48-22-7-9-27-57-48)59-52(34-41)49-23-8-10-28-58-49/h1-34H. The molecule has 5 heteroatoms. The predicted octanol–water partition coefficient (Wildman–Crippen LogP) is 14.6. The van der Waals surface area contributed by atoms with Gasteiger partial charge >= 0.3 is 0 Å². The van der Waals surface area contributed by atoms with Crippen molar-refractivity contribution in [2.75, 3.05) is 0 Å². The number of hydrogen-bond acceptors (Lipinski definition) is 5. The Labute approximate surface area is 351 Å². The summed E-state index contributed by atoms with van der Waals surface area (Å²) in [7, 11) is 0. The van der Waals surface area contributed by atoms with Crippen LogP contribution in [-0.4, -0.2) is 19.9 Å². The molecule has 5 aromatic heterocycles. The molecule has 0 aliphatic carbocycles. The van der Waals surface area contributed by atoms with Crippen molar-refractivity contribution in [2.24, 2.45) is 0 Å². The number of fused-ring (bicyclic) bond motifs is 8. The van der Waals surface area contributed by atoms with Crippen molar-refractivity contribution in [3.05, 3.63) is 207 Å². The van der Waals surface area contributed by atoms with Crippen molar-refractivity contribution in [1.82, 2.24) is 19.9 Å². The average Bonchev–Trinajstić information content (AvgIpc) is 3.74. The maximum Gasteiger partial charge on any atom is 0.162 e. The Morgan fingerprint density at radius 1 is 0.344 bits per heavy atom. The summed E-state index contributed by atoms with van der Waals surface area (Å²) in [5.74, 6) is 0. The molecular weight excluding hydrogens is 745 g/mol. The zero-order valence-electron chi connectivity index (χ0n) is 32.8. The third-order valence-corrected chi connectivity index (χ3v) is 11.7. The minimum Gasteiger partial charge on any atom is -0.454 e. The van der Waals surface area contributed by atoms with E-state index in [-0.39, 0.29) is 0 Å². The zero-order valence-corrected chi connectivity index (χ0v) is 32.8. The van der Waals surface area contributed by atoms with Crippen LogP contribution in [0, 0.1) is 0 Å². The monoisotopic (exact) mass is 778 g/mol. The van der Waals surface area contributed by atoms with Gasteiger partial charge in [0.2, 0.25) is 0 Å². The van der Waals surface area contributed by atoms with Crippen LogP contribution in [0.5, 0.6) is 0 Å². The second-order valence-corrected chi connectivity index (χ2v) is 15.4. The van der Waals surface area contributed by atoms with E-state index in [4.69, 9.17) is 14.4 Å². The van der Waals surface area contributed by atoms with Gasteiger partial charge in [0.15, 0.2) is 5.58 Å². The average molecular weight is 779 g/mol. The quantitative estimate of drug-likeness (QED) is 0.157. The molecule has 7 aromatic carbocycles. The number of hydrogen-bond donors (Lipinski definition) is 0. The van der Waals surface area contributed by atoms with E-state index in [0.717, 1.165) is 106 Å². The third kappa shape index (κ3) is 6.02. The fourth-order valence-electron chi connectivity index (χ4n) is 8.84. The highest BCUT2D eigenvalue weighted by molar-refractivity contribution is 6.23. The second kappa shape index (κ2) is 14.2. The zero-order chi connectivity index (χ0) is 40.3. The first-order valence-electron chi connectivity index (χ1n) is 20.4. The van der Waals surface area contributed by atoms with Crippen molar-refractivity contribution in [2.45, 2.75) is 0 Å². The molecule has 0 saturated carbocycles. The summed E-state index contributed by atoms with van der Waals surface area (Å²) < 4.78 is 6.71. The first-order valence-corrected chi connectivity index (χ1v) is 20.4. The van der Waals surface area contributed by atoms with Gasteiger partial charge in [0, 0.05) is 34.1 Å². The van der Waals surface area contributed by atoms with Crippen molar-refractivity contribution in [3.63, 3.8) is 0 Å². The fourth-order valence-corrected chi connectivity index (χ4v) is 8.84. The van der Waals surface area contributed by atoms with Crippen LogP contribution in [0.2, 0.25) is 0 Å². The van der Waals surface area contributed by atoms with Gasteiger partial charge in [-0.3, -0.25) is 9.97 Å². The fraction of sp³-hybridized carbons (Fsp3) is 0. The van der Waals surface area contributed by atoms with E-state index in [1.807, 2.05) is 48.5 Å². The first-order chi connectivity index (χ1) is 30.2. The first kappa shape index (κ1) is 34.7. The SMILES string of the molecule is c1ccc(-c2cc(-c3cccc(-c4cccc(-c5ccc6c(c5)nc(-c5cc7ccccc7c7ccccc57)c5oc7ccccc7c56)c4)c3)cc(-c3ccccn3)n2)nc1. The Kier molecular flexibility index (Phi) is 8.10. The van der Waals surface area contributed by atoms with Crippen molar-refractivity contribution >= 4 is 54.4 Å². The molecule has 0 aliphatic heterocycles. The van der Waals surface area contributed by atoms with Crippen LogP contribution in [0.4, 0.5) is 0 Å². The number of benzene rings is 7. The van der Waals surface area contributed by atoms with Crippen LogP contribution in [0.1, 0.15) is 0 Å². The third-order valence-electron chi connectivity index (χ3n) is 11.7. The Bertz CT molecular complexity index is 3590. The van der Waals surface area contributed by atoms with E-state index in [2.05, 4.69) is 156 Å². The molecular formula is C56H34N4O. The van der Waals surface area contributed by atoms with E-state index >= 15 is 0 Å². The minimum absolute atomic E-state index is 0.800. The molecule has 284 valence electrons. The highest BCUT2D eigenvalue weighted by Crippen LogP contribution is 2.43. The van der Waals surface area contributed by atoms with Gasteiger partial charge in [-0.2, -0.15) is 0 Å². The summed E-state index contributed by atoms with van der Waals surface area (Å²) in [6.07, 6.45) is 3.60. The molecule has 0 bridgehead atoms. The van der Waals surface area contributed by atoms with E-state index in [1.54, 1.807) is 12.4 Å². The lowest BCUT2D eigenvalue weighted by Crippen LogP contribution is -1.94. The molecule has 0 aliphatic rings. The molecule has 5 nitrogen and oxygen atoms in total. The Morgan fingerprint density at radius 2 is 0.918 bits per heavy atom. The number of pyridine rings is 4. The Morgan fingerprint density at radius 3 is 1.59 bits per heavy atom. The molecule has 0 radical (unpaired) electrons. The van der Waals surface area contributed by atoms with E-state index in [0.29, 0.717) is 0 Å². The van der Waals surface area contributed by atoms with Crippen LogP contribution in [-0.2, 0) is 0 Å². The number of aromatic nitrogens is 4.